The number of phenols is 1. The number of rotatable bonds is 5. The smallest absolute Gasteiger partial charge is 0.309 e. The average molecular weight is 492 g/mol. The Kier molecular flexibility index (Phi) is 7.71. The Labute approximate surface area is 206 Å². The normalized spacial score (nSPS) is 31.7. The molecular weight excluding hydrogens is 453 g/mol. The molecule has 0 aromatic heterocycles. The standard InChI is InChI=1S/C27H38FNO6/c1-26(2,3)35-25(32)19-6-5-13-27(16-33-15-23(31)29-27)20(19)14-34-18-11-9-17(10-12-18)24-21(28)7-4-8-22(24)30/h4,7-8,17-20,30H,5-6,9-16H2,1-3H3,(H,29,31). The summed E-state index contributed by atoms with van der Waals surface area (Å²) in [6, 6.07) is 4.43. The fourth-order valence-corrected chi connectivity index (χ4v) is 6.04. The van der Waals surface area contributed by atoms with Crippen LogP contribution in [0.3, 0.4) is 0 Å². The van der Waals surface area contributed by atoms with Crippen LogP contribution in [0.5, 0.6) is 5.75 Å². The fourth-order valence-electron chi connectivity index (χ4n) is 6.04. The molecule has 0 bridgehead atoms. The van der Waals surface area contributed by atoms with Crippen LogP contribution in [-0.4, -0.2) is 54.0 Å². The molecule has 3 fully saturated rings. The van der Waals surface area contributed by atoms with Crippen LogP contribution in [0, 0.1) is 17.7 Å². The van der Waals surface area contributed by atoms with Crippen molar-refractivity contribution < 1.29 is 33.3 Å². The van der Waals surface area contributed by atoms with Gasteiger partial charge in [0.1, 0.15) is 23.8 Å². The van der Waals surface area contributed by atoms with Gasteiger partial charge >= 0.3 is 5.97 Å². The number of hydrogen-bond donors (Lipinski definition) is 2. The van der Waals surface area contributed by atoms with Crippen molar-refractivity contribution in [3.63, 3.8) is 0 Å². The molecule has 1 amide bonds. The highest BCUT2D eigenvalue weighted by Crippen LogP contribution is 2.43. The Morgan fingerprint density at radius 1 is 1.23 bits per heavy atom. The number of morpholine rings is 1. The predicted octanol–water partition coefficient (Wildman–Crippen LogP) is 4.22. The number of amides is 1. The van der Waals surface area contributed by atoms with Crippen LogP contribution in [0.15, 0.2) is 18.2 Å². The summed E-state index contributed by atoms with van der Waals surface area (Å²) in [7, 11) is 0. The zero-order chi connectivity index (χ0) is 25.2. The zero-order valence-corrected chi connectivity index (χ0v) is 21.0. The number of carbonyl (C=O) groups excluding carboxylic acids is 2. The molecule has 1 saturated heterocycles. The van der Waals surface area contributed by atoms with Gasteiger partial charge in [0.2, 0.25) is 5.91 Å². The fraction of sp³-hybridized carbons (Fsp3) is 0.704. The molecule has 4 rings (SSSR count). The maximum Gasteiger partial charge on any atom is 0.309 e. The van der Waals surface area contributed by atoms with E-state index in [1.807, 2.05) is 20.8 Å². The minimum Gasteiger partial charge on any atom is -0.508 e. The number of benzene rings is 1. The first-order valence-corrected chi connectivity index (χ1v) is 12.8. The monoisotopic (exact) mass is 491 g/mol. The SMILES string of the molecule is CC(C)(C)OC(=O)C1CCCC2(COCC(=O)N2)C1COC1CCC(c2c(O)cccc2F)CC1. The summed E-state index contributed by atoms with van der Waals surface area (Å²) < 4.78 is 32.1. The number of nitrogens with one attached hydrogen (secondary N) is 1. The van der Waals surface area contributed by atoms with E-state index in [-0.39, 0.29) is 48.0 Å². The molecule has 7 nitrogen and oxygen atoms in total. The first-order chi connectivity index (χ1) is 16.6. The van der Waals surface area contributed by atoms with E-state index < -0.39 is 17.1 Å². The van der Waals surface area contributed by atoms with Crippen LogP contribution in [0.4, 0.5) is 4.39 Å². The largest absolute Gasteiger partial charge is 0.508 e. The lowest BCUT2D eigenvalue weighted by Gasteiger charge is -2.49. The van der Waals surface area contributed by atoms with Gasteiger partial charge in [-0.15, -0.1) is 0 Å². The lowest BCUT2D eigenvalue weighted by molar-refractivity contribution is -0.173. The quantitative estimate of drug-likeness (QED) is 0.599. The minimum absolute atomic E-state index is 0.00626. The Morgan fingerprint density at radius 3 is 2.63 bits per heavy atom. The maximum atomic E-state index is 14.3. The second-order valence-electron chi connectivity index (χ2n) is 11.3. The van der Waals surface area contributed by atoms with Gasteiger partial charge in [0.05, 0.1) is 30.8 Å². The van der Waals surface area contributed by atoms with Gasteiger partial charge in [0.25, 0.3) is 0 Å². The van der Waals surface area contributed by atoms with Crippen molar-refractivity contribution >= 4 is 11.9 Å². The highest BCUT2D eigenvalue weighted by atomic mass is 19.1. The lowest BCUT2D eigenvalue weighted by Crippen LogP contribution is -2.66. The maximum absolute atomic E-state index is 14.3. The van der Waals surface area contributed by atoms with Crippen molar-refractivity contribution in [1.82, 2.24) is 5.32 Å². The van der Waals surface area contributed by atoms with E-state index >= 15 is 0 Å². The highest BCUT2D eigenvalue weighted by Gasteiger charge is 2.52. The molecule has 194 valence electrons. The van der Waals surface area contributed by atoms with Crippen molar-refractivity contribution in [2.75, 3.05) is 19.8 Å². The zero-order valence-electron chi connectivity index (χ0n) is 21.0. The molecule has 3 aliphatic rings. The number of hydrogen-bond acceptors (Lipinski definition) is 6. The van der Waals surface area contributed by atoms with Gasteiger partial charge in [-0.25, -0.2) is 4.39 Å². The van der Waals surface area contributed by atoms with Crippen molar-refractivity contribution in [3.8, 4) is 5.75 Å². The van der Waals surface area contributed by atoms with Crippen LogP contribution in [-0.2, 0) is 23.8 Å². The number of carbonyl (C=O) groups is 2. The van der Waals surface area contributed by atoms with E-state index in [1.54, 1.807) is 0 Å². The molecule has 2 aliphatic carbocycles. The molecule has 2 N–H and O–H groups in total. The van der Waals surface area contributed by atoms with Crippen LogP contribution < -0.4 is 5.32 Å². The van der Waals surface area contributed by atoms with Gasteiger partial charge in [0.15, 0.2) is 0 Å². The van der Waals surface area contributed by atoms with Crippen molar-refractivity contribution in [3.05, 3.63) is 29.6 Å². The van der Waals surface area contributed by atoms with Crippen LogP contribution in [0.2, 0.25) is 0 Å². The van der Waals surface area contributed by atoms with E-state index in [0.29, 0.717) is 38.0 Å². The Morgan fingerprint density at radius 2 is 1.97 bits per heavy atom. The Bertz CT molecular complexity index is 898. The molecule has 1 spiro atoms. The molecule has 1 aromatic carbocycles. The van der Waals surface area contributed by atoms with E-state index in [9.17, 15) is 19.1 Å². The molecule has 2 saturated carbocycles. The van der Waals surface area contributed by atoms with Crippen molar-refractivity contribution in [2.45, 2.75) is 88.9 Å². The second kappa shape index (κ2) is 10.4. The van der Waals surface area contributed by atoms with Crippen LogP contribution >= 0.6 is 0 Å². The van der Waals surface area contributed by atoms with Crippen LogP contribution in [0.1, 0.15) is 77.2 Å². The van der Waals surface area contributed by atoms with Gasteiger partial charge in [-0.05, 0) is 77.3 Å². The van der Waals surface area contributed by atoms with Gasteiger partial charge in [-0.2, -0.15) is 0 Å². The van der Waals surface area contributed by atoms with Gasteiger partial charge in [0, 0.05) is 11.5 Å². The molecule has 8 heteroatoms. The number of esters is 1. The third-order valence-electron chi connectivity index (χ3n) is 7.65. The molecule has 1 heterocycles. The van der Waals surface area contributed by atoms with E-state index in [4.69, 9.17) is 14.2 Å². The van der Waals surface area contributed by atoms with Gasteiger partial charge in [-0.1, -0.05) is 12.5 Å². The summed E-state index contributed by atoms with van der Waals surface area (Å²) in [6.45, 7) is 6.25. The van der Waals surface area contributed by atoms with E-state index in [2.05, 4.69) is 5.32 Å². The van der Waals surface area contributed by atoms with Crippen molar-refractivity contribution in [1.29, 1.82) is 0 Å². The summed E-state index contributed by atoms with van der Waals surface area (Å²) >= 11 is 0. The van der Waals surface area contributed by atoms with E-state index in [0.717, 1.165) is 25.7 Å². The number of aromatic hydroxyl groups is 1. The summed E-state index contributed by atoms with van der Waals surface area (Å²) in [6.07, 6.45) is 5.07. The Balaban J connectivity index is 1.44. The molecular formula is C27H38FNO6. The number of halogens is 1. The minimum atomic E-state index is -0.648. The summed E-state index contributed by atoms with van der Waals surface area (Å²) in [5, 5.41) is 13.3. The van der Waals surface area contributed by atoms with Gasteiger partial charge in [-0.3, -0.25) is 9.59 Å². The third kappa shape index (κ3) is 5.97. The van der Waals surface area contributed by atoms with Gasteiger partial charge < -0.3 is 24.6 Å². The molecule has 3 atom stereocenters. The third-order valence-corrected chi connectivity index (χ3v) is 7.65. The van der Waals surface area contributed by atoms with E-state index in [1.165, 1.54) is 18.2 Å². The molecule has 1 aliphatic heterocycles. The molecule has 3 unspecified atom stereocenters. The van der Waals surface area contributed by atoms with Crippen LogP contribution in [0.25, 0.3) is 0 Å². The number of phenolic OH excluding ortho intramolecular Hbond substituents is 1. The summed E-state index contributed by atoms with van der Waals surface area (Å²) in [5.41, 5.74) is -0.856. The first kappa shape index (κ1) is 25.9. The molecule has 35 heavy (non-hydrogen) atoms. The topological polar surface area (TPSA) is 94.1 Å². The predicted molar refractivity (Wildman–Crippen MR) is 127 cm³/mol. The molecule has 1 aromatic rings. The lowest BCUT2D eigenvalue weighted by atomic mass is 9.66. The number of ether oxygens (including phenoxy) is 3. The average Bonchev–Trinajstić information content (AvgIpc) is 2.78. The van der Waals surface area contributed by atoms with Crippen molar-refractivity contribution in [2.24, 2.45) is 11.8 Å². The summed E-state index contributed by atoms with van der Waals surface area (Å²) in [4.78, 5) is 25.4. The summed E-state index contributed by atoms with van der Waals surface area (Å²) in [5.74, 6) is -1.49. The molecule has 0 radical (unpaired) electrons. The first-order valence-electron chi connectivity index (χ1n) is 12.8. The second-order valence-corrected chi connectivity index (χ2v) is 11.3. The Hall–Kier alpha value is -2.19. The highest BCUT2D eigenvalue weighted by molar-refractivity contribution is 5.79.